The first-order chi connectivity index (χ1) is 7.33. The number of carbonyl (C=O) groups excluding carboxylic acids is 1. The van der Waals surface area contributed by atoms with Gasteiger partial charge in [-0.3, -0.25) is 10.2 Å². The quantitative estimate of drug-likeness (QED) is 0.437. The summed E-state index contributed by atoms with van der Waals surface area (Å²) in [6.45, 7) is 0.882. The van der Waals surface area contributed by atoms with Crippen LogP contribution in [0.15, 0.2) is 30.3 Å². The van der Waals surface area contributed by atoms with Crippen molar-refractivity contribution in [3.63, 3.8) is 0 Å². The number of amides is 1. The van der Waals surface area contributed by atoms with Gasteiger partial charge in [0.2, 0.25) is 0 Å². The van der Waals surface area contributed by atoms with Gasteiger partial charge in [0.15, 0.2) is 5.37 Å². The highest BCUT2D eigenvalue weighted by atomic mass is 32.2. The van der Waals surface area contributed by atoms with Crippen molar-refractivity contribution in [2.75, 3.05) is 17.2 Å². The van der Waals surface area contributed by atoms with Crippen LogP contribution >= 0.6 is 11.8 Å². The molecule has 0 radical (unpaired) electrons. The number of nitrogens with one attached hydrogen (secondary N) is 1. The number of nitrogens with zero attached hydrogens (tertiary/aromatic N) is 1. The number of rotatable bonds is 2. The summed E-state index contributed by atoms with van der Waals surface area (Å²) >= 11 is 1.61. The second-order valence-electron chi connectivity index (χ2n) is 3.26. The number of nitrogens with two attached hydrogens (primary N) is 1. The molecule has 2 rings (SSSR count). The Hall–Kier alpha value is -1.20. The predicted octanol–water partition coefficient (Wildman–Crippen LogP) is 0.556. The lowest BCUT2D eigenvalue weighted by Crippen LogP contribution is -2.44. The molecule has 0 unspecified atom stereocenters. The van der Waals surface area contributed by atoms with Crippen LogP contribution in [0.1, 0.15) is 0 Å². The van der Waals surface area contributed by atoms with Crippen molar-refractivity contribution in [2.45, 2.75) is 5.37 Å². The lowest BCUT2D eigenvalue weighted by atomic mass is 10.3. The first-order valence-corrected chi connectivity index (χ1v) is 5.81. The van der Waals surface area contributed by atoms with E-state index in [0.29, 0.717) is 0 Å². The van der Waals surface area contributed by atoms with Crippen LogP contribution in [0.25, 0.3) is 0 Å². The van der Waals surface area contributed by atoms with Crippen LogP contribution in [0.2, 0.25) is 0 Å². The molecule has 1 fully saturated rings. The zero-order chi connectivity index (χ0) is 10.7. The molecule has 5 heteroatoms. The molecule has 1 aromatic carbocycles. The number of hydrazine groups is 1. The minimum absolute atomic E-state index is 0.138. The SMILES string of the molecule is NNC(=O)[C@@H]1SCCN1c1ccccc1. The Morgan fingerprint density at radius 2 is 2.20 bits per heavy atom. The summed E-state index contributed by atoms with van der Waals surface area (Å²) in [6.07, 6.45) is 0. The molecular weight excluding hydrogens is 210 g/mol. The van der Waals surface area contributed by atoms with E-state index in [9.17, 15) is 4.79 Å². The van der Waals surface area contributed by atoms with Crippen LogP contribution in [0.4, 0.5) is 5.69 Å². The number of carbonyl (C=O) groups is 1. The summed E-state index contributed by atoms with van der Waals surface area (Å²) in [5, 5.41) is -0.197. The van der Waals surface area contributed by atoms with Crippen LogP contribution in [0, 0.1) is 0 Å². The van der Waals surface area contributed by atoms with Gasteiger partial charge in [-0.1, -0.05) is 18.2 Å². The third kappa shape index (κ3) is 2.08. The molecule has 0 bridgehead atoms. The van der Waals surface area contributed by atoms with Crippen molar-refractivity contribution in [1.29, 1.82) is 0 Å². The Bertz CT molecular complexity index is 344. The van der Waals surface area contributed by atoms with Crippen LogP contribution in [-0.4, -0.2) is 23.6 Å². The fraction of sp³-hybridized carbons (Fsp3) is 0.300. The molecule has 4 nitrogen and oxygen atoms in total. The van der Waals surface area contributed by atoms with Gasteiger partial charge in [0.05, 0.1) is 0 Å². The van der Waals surface area contributed by atoms with Gasteiger partial charge in [-0.2, -0.15) is 0 Å². The number of benzene rings is 1. The molecule has 0 aliphatic carbocycles. The third-order valence-electron chi connectivity index (χ3n) is 2.35. The van der Waals surface area contributed by atoms with Crippen LogP contribution in [0.5, 0.6) is 0 Å². The Kier molecular flexibility index (Phi) is 3.13. The van der Waals surface area contributed by atoms with Gasteiger partial charge in [0, 0.05) is 18.0 Å². The molecule has 15 heavy (non-hydrogen) atoms. The van der Waals surface area contributed by atoms with E-state index in [4.69, 9.17) is 5.84 Å². The Morgan fingerprint density at radius 3 is 2.87 bits per heavy atom. The zero-order valence-electron chi connectivity index (χ0n) is 8.22. The lowest BCUT2D eigenvalue weighted by Gasteiger charge is -2.24. The number of anilines is 1. The summed E-state index contributed by atoms with van der Waals surface area (Å²) in [7, 11) is 0. The topological polar surface area (TPSA) is 58.4 Å². The number of hydrogen-bond donors (Lipinski definition) is 2. The Morgan fingerprint density at radius 1 is 1.47 bits per heavy atom. The zero-order valence-corrected chi connectivity index (χ0v) is 9.04. The third-order valence-corrected chi connectivity index (χ3v) is 3.55. The van der Waals surface area contributed by atoms with Crippen molar-refractivity contribution < 1.29 is 4.79 Å². The van der Waals surface area contributed by atoms with Gasteiger partial charge < -0.3 is 4.90 Å². The van der Waals surface area contributed by atoms with E-state index in [1.54, 1.807) is 11.8 Å². The molecule has 80 valence electrons. The minimum Gasteiger partial charge on any atom is -0.351 e. The van der Waals surface area contributed by atoms with E-state index in [1.165, 1.54) is 0 Å². The van der Waals surface area contributed by atoms with E-state index < -0.39 is 0 Å². The maximum atomic E-state index is 11.5. The minimum atomic E-state index is -0.197. The van der Waals surface area contributed by atoms with Gasteiger partial charge >= 0.3 is 0 Å². The smallest absolute Gasteiger partial charge is 0.267 e. The molecule has 1 aromatic rings. The van der Waals surface area contributed by atoms with E-state index in [2.05, 4.69) is 10.3 Å². The molecule has 1 aliphatic rings. The van der Waals surface area contributed by atoms with Crippen LogP contribution < -0.4 is 16.2 Å². The fourth-order valence-electron chi connectivity index (χ4n) is 1.64. The number of hydrogen-bond acceptors (Lipinski definition) is 4. The molecule has 0 spiro atoms. The van der Waals surface area contributed by atoms with Crippen LogP contribution in [-0.2, 0) is 4.79 Å². The van der Waals surface area contributed by atoms with E-state index >= 15 is 0 Å². The van der Waals surface area contributed by atoms with Crippen LogP contribution in [0.3, 0.4) is 0 Å². The predicted molar refractivity (Wildman–Crippen MR) is 62.4 cm³/mol. The van der Waals surface area contributed by atoms with E-state index in [0.717, 1.165) is 18.0 Å². The highest BCUT2D eigenvalue weighted by Gasteiger charge is 2.30. The summed E-state index contributed by atoms with van der Waals surface area (Å²) in [5.41, 5.74) is 3.27. The first-order valence-electron chi connectivity index (χ1n) is 4.76. The molecule has 0 aromatic heterocycles. The molecule has 0 saturated carbocycles. The Balaban J connectivity index is 2.18. The second-order valence-corrected chi connectivity index (χ2v) is 4.45. The van der Waals surface area contributed by atoms with E-state index in [-0.39, 0.29) is 11.3 Å². The first kappa shape index (κ1) is 10.3. The summed E-state index contributed by atoms with van der Waals surface area (Å²) in [6, 6.07) is 9.90. The van der Waals surface area contributed by atoms with Crippen molar-refractivity contribution in [2.24, 2.45) is 5.84 Å². The monoisotopic (exact) mass is 223 g/mol. The number of para-hydroxylation sites is 1. The van der Waals surface area contributed by atoms with Gasteiger partial charge in [0.1, 0.15) is 0 Å². The number of thioether (sulfide) groups is 1. The fourth-order valence-corrected chi connectivity index (χ4v) is 2.79. The van der Waals surface area contributed by atoms with E-state index in [1.807, 2.05) is 30.3 Å². The standard InChI is InChI=1S/C10H13N3OS/c11-12-9(14)10-13(6-7-15-10)8-4-2-1-3-5-8/h1-5,10H,6-7,11H2,(H,12,14)/t10-/m0/s1. The maximum absolute atomic E-state index is 11.5. The molecular formula is C10H13N3OS. The molecule has 1 saturated heterocycles. The van der Waals surface area contributed by atoms with Crippen molar-refractivity contribution in [3.8, 4) is 0 Å². The summed E-state index contributed by atoms with van der Waals surface area (Å²) in [4.78, 5) is 13.6. The summed E-state index contributed by atoms with van der Waals surface area (Å²) < 4.78 is 0. The maximum Gasteiger partial charge on any atom is 0.267 e. The second kappa shape index (κ2) is 4.55. The van der Waals surface area contributed by atoms with Crippen molar-refractivity contribution in [1.82, 2.24) is 5.43 Å². The largest absolute Gasteiger partial charge is 0.351 e. The molecule has 3 N–H and O–H groups in total. The lowest BCUT2D eigenvalue weighted by molar-refractivity contribution is -0.120. The molecule has 1 atom stereocenters. The molecule has 1 heterocycles. The average Bonchev–Trinajstić information content (AvgIpc) is 2.78. The molecule has 1 aliphatic heterocycles. The highest BCUT2D eigenvalue weighted by Crippen LogP contribution is 2.29. The van der Waals surface area contributed by atoms with Gasteiger partial charge in [0.25, 0.3) is 5.91 Å². The van der Waals surface area contributed by atoms with Gasteiger partial charge in [-0.25, -0.2) is 5.84 Å². The van der Waals surface area contributed by atoms with Crippen molar-refractivity contribution in [3.05, 3.63) is 30.3 Å². The molecule has 1 amide bonds. The average molecular weight is 223 g/mol. The van der Waals surface area contributed by atoms with Gasteiger partial charge in [-0.05, 0) is 12.1 Å². The normalized spacial score (nSPS) is 20.3. The van der Waals surface area contributed by atoms with Crippen molar-refractivity contribution >= 4 is 23.4 Å². The van der Waals surface area contributed by atoms with Gasteiger partial charge in [-0.15, -0.1) is 11.8 Å². The Labute approximate surface area is 92.8 Å². The summed E-state index contributed by atoms with van der Waals surface area (Å²) in [5.74, 6) is 5.97. The highest BCUT2D eigenvalue weighted by molar-refractivity contribution is 8.01.